The Morgan fingerprint density at radius 1 is 1.43 bits per heavy atom. The van der Waals surface area contributed by atoms with Crippen LogP contribution in [-0.2, 0) is 17.7 Å². The van der Waals surface area contributed by atoms with Crippen molar-refractivity contribution < 1.29 is 14.3 Å². The van der Waals surface area contributed by atoms with E-state index in [9.17, 15) is 9.59 Å². The molecular weight excluding hydrogens is 272 g/mol. The average molecular weight is 294 g/mol. The van der Waals surface area contributed by atoms with Crippen molar-refractivity contribution in [2.24, 2.45) is 0 Å². The summed E-state index contributed by atoms with van der Waals surface area (Å²) in [4.78, 5) is 25.6. The fourth-order valence-corrected chi connectivity index (χ4v) is 2.23. The molecule has 1 aliphatic rings. The molecule has 7 heteroatoms. The van der Waals surface area contributed by atoms with Crippen LogP contribution in [0.4, 0.5) is 4.79 Å². The van der Waals surface area contributed by atoms with Gasteiger partial charge in [-0.1, -0.05) is 0 Å². The number of carbonyl (C=O) groups excluding carboxylic acids is 2. The molecule has 2 amide bonds. The van der Waals surface area contributed by atoms with Crippen molar-refractivity contribution in [3.8, 4) is 0 Å². The summed E-state index contributed by atoms with van der Waals surface area (Å²) in [5.41, 5.74) is 1.60. The maximum absolute atomic E-state index is 12.1. The Labute approximate surface area is 124 Å². The summed E-state index contributed by atoms with van der Waals surface area (Å²) < 4.78 is 5.36. The number of aromatic amines is 1. The molecule has 2 N–H and O–H groups in total. The van der Waals surface area contributed by atoms with Gasteiger partial charge in [-0.15, -0.1) is 0 Å². The highest BCUT2D eigenvalue weighted by molar-refractivity contribution is 5.94. The van der Waals surface area contributed by atoms with E-state index in [-0.39, 0.29) is 12.0 Å². The third kappa shape index (κ3) is 3.53. The molecule has 1 aromatic heterocycles. The molecule has 0 atom stereocenters. The Hall–Kier alpha value is -2.05. The Bertz CT molecular complexity index is 545. The first-order valence-corrected chi connectivity index (χ1v) is 7.14. The van der Waals surface area contributed by atoms with Gasteiger partial charge in [0.2, 0.25) is 0 Å². The smallest absolute Gasteiger partial charge is 0.410 e. The number of amides is 2. The molecule has 0 saturated carbocycles. The summed E-state index contributed by atoms with van der Waals surface area (Å²) in [5, 5.41) is 9.66. The number of hydrogen-bond acceptors (Lipinski definition) is 4. The highest BCUT2D eigenvalue weighted by Crippen LogP contribution is 2.22. The maximum atomic E-state index is 12.1. The first-order chi connectivity index (χ1) is 9.81. The van der Waals surface area contributed by atoms with Gasteiger partial charge >= 0.3 is 6.09 Å². The molecule has 0 radical (unpaired) electrons. The van der Waals surface area contributed by atoms with E-state index < -0.39 is 5.60 Å². The van der Waals surface area contributed by atoms with Crippen LogP contribution in [0.1, 0.15) is 49.4 Å². The van der Waals surface area contributed by atoms with Gasteiger partial charge in [-0.05, 0) is 34.1 Å². The van der Waals surface area contributed by atoms with Gasteiger partial charge in [0.15, 0.2) is 5.69 Å². The third-order valence-electron chi connectivity index (χ3n) is 3.14. The van der Waals surface area contributed by atoms with Crippen LogP contribution in [0.3, 0.4) is 0 Å². The number of rotatable bonds is 2. The van der Waals surface area contributed by atoms with Gasteiger partial charge in [0.05, 0.1) is 12.2 Å². The number of nitrogens with one attached hydrogen (secondary N) is 2. The minimum atomic E-state index is -0.516. The predicted octanol–water partition coefficient (Wildman–Crippen LogP) is 1.45. The van der Waals surface area contributed by atoms with Crippen molar-refractivity contribution in [3.63, 3.8) is 0 Å². The molecule has 2 heterocycles. The molecule has 2 rings (SSSR count). The van der Waals surface area contributed by atoms with Crippen LogP contribution in [0.5, 0.6) is 0 Å². The Morgan fingerprint density at radius 2 is 2.14 bits per heavy atom. The summed E-state index contributed by atoms with van der Waals surface area (Å²) in [6, 6.07) is 0. The van der Waals surface area contributed by atoms with Crippen molar-refractivity contribution in [2.45, 2.75) is 46.3 Å². The lowest BCUT2D eigenvalue weighted by Gasteiger charge is -2.29. The number of fused-ring (bicyclic) bond motifs is 1. The number of hydrogen-bond donors (Lipinski definition) is 2. The quantitative estimate of drug-likeness (QED) is 0.864. The first-order valence-electron chi connectivity index (χ1n) is 7.14. The Balaban J connectivity index is 2.09. The standard InChI is InChI=1S/C14H22N4O3/c1-5-15-12(19)11-9-6-7-18(8-10(9)16-17-11)13(20)21-14(2,3)4/h5-8H2,1-4H3,(H,15,19)(H,16,17). The molecule has 0 bridgehead atoms. The Morgan fingerprint density at radius 3 is 2.76 bits per heavy atom. The zero-order chi connectivity index (χ0) is 15.6. The van der Waals surface area contributed by atoms with Crippen LogP contribution in [0, 0.1) is 0 Å². The Kier molecular flexibility index (Phi) is 4.20. The molecule has 0 unspecified atom stereocenters. The molecule has 21 heavy (non-hydrogen) atoms. The van der Waals surface area contributed by atoms with E-state index in [0.717, 1.165) is 11.3 Å². The van der Waals surface area contributed by atoms with E-state index in [1.54, 1.807) is 4.90 Å². The van der Waals surface area contributed by atoms with E-state index in [0.29, 0.717) is 31.7 Å². The van der Waals surface area contributed by atoms with Gasteiger partial charge in [-0.3, -0.25) is 9.89 Å². The number of ether oxygens (including phenoxy) is 1. The number of aromatic nitrogens is 2. The molecule has 1 aromatic rings. The molecule has 0 aromatic carbocycles. The normalized spacial score (nSPS) is 14.6. The minimum absolute atomic E-state index is 0.180. The molecule has 7 nitrogen and oxygen atoms in total. The summed E-state index contributed by atoms with van der Waals surface area (Å²) in [5.74, 6) is -0.180. The number of nitrogens with zero attached hydrogens (tertiary/aromatic N) is 2. The van der Waals surface area contributed by atoms with Gasteiger partial charge in [0, 0.05) is 18.7 Å². The monoisotopic (exact) mass is 294 g/mol. The zero-order valence-electron chi connectivity index (χ0n) is 12.9. The van der Waals surface area contributed by atoms with Crippen LogP contribution >= 0.6 is 0 Å². The van der Waals surface area contributed by atoms with Crippen LogP contribution in [-0.4, -0.2) is 45.8 Å². The van der Waals surface area contributed by atoms with Gasteiger partial charge < -0.3 is 15.0 Å². The fraction of sp³-hybridized carbons (Fsp3) is 0.643. The van der Waals surface area contributed by atoms with E-state index >= 15 is 0 Å². The lowest BCUT2D eigenvalue weighted by atomic mass is 10.0. The molecule has 0 fully saturated rings. The van der Waals surface area contributed by atoms with Crippen LogP contribution in [0.25, 0.3) is 0 Å². The van der Waals surface area contributed by atoms with Crippen molar-refractivity contribution >= 4 is 12.0 Å². The second-order valence-corrected chi connectivity index (χ2v) is 6.04. The van der Waals surface area contributed by atoms with Gasteiger partial charge in [0.1, 0.15) is 5.60 Å². The molecule has 0 saturated heterocycles. The second kappa shape index (κ2) is 5.75. The summed E-state index contributed by atoms with van der Waals surface area (Å²) >= 11 is 0. The van der Waals surface area contributed by atoms with Crippen LogP contribution in [0.2, 0.25) is 0 Å². The average Bonchev–Trinajstić information content (AvgIpc) is 2.79. The molecular formula is C14H22N4O3. The highest BCUT2D eigenvalue weighted by Gasteiger charge is 2.29. The molecule has 0 aliphatic carbocycles. The highest BCUT2D eigenvalue weighted by atomic mass is 16.6. The van der Waals surface area contributed by atoms with Gasteiger partial charge in [-0.25, -0.2) is 4.79 Å². The van der Waals surface area contributed by atoms with Crippen molar-refractivity contribution in [3.05, 3.63) is 17.0 Å². The van der Waals surface area contributed by atoms with Crippen LogP contribution in [0.15, 0.2) is 0 Å². The SMILES string of the molecule is CCNC(=O)c1n[nH]c2c1CCN(C(=O)OC(C)(C)C)C2. The second-order valence-electron chi connectivity index (χ2n) is 6.04. The van der Waals surface area contributed by atoms with Gasteiger partial charge in [0.25, 0.3) is 5.91 Å². The van der Waals surface area contributed by atoms with Crippen molar-refractivity contribution in [2.75, 3.05) is 13.1 Å². The van der Waals surface area contributed by atoms with E-state index in [1.165, 1.54) is 0 Å². The number of carbonyl (C=O) groups is 2. The summed E-state index contributed by atoms with van der Waals surface area (Å²) in [7, 11) is 0. The largest absolute Gasteiger partial charge is 0.444 e. The lowest BCUT2D eigenvalue weighted by Crippen LogP contribution is -2.40. The summed E-state index contributed by atoms with van der Waals surface area (Å²) in [6.45, 7) is 8.84. The number of H-pyrrole nitrogens is 1. The van der Waals surface area contributed by atoms with Crippen LogP contribution < -0.4 is 5.32 Å². The van der Waals surface area contributed by atoms with E-state index in [4.69, 9.17) is 4.74 Å². The summed E-state index contributed by atoms with van der Waals surface area (Å²) in [6.07, 6.45) is 0.250. The molecule has 116 valence electrons. The predicted molar refractivity (Wildman–Crippen MR) is 76.9 cm³/mol. The lowest BCUT2D eigenvalue weighted by molar-refractivity contribution is 0.0221. The van der Waals surface area contributed by atoms with Crippen molar-refractivity contribution in [1.82, 2.24) is 20.4 Å². The minimum Gasteiger partial charge on any atom is -0.444 e. The molecule has 0 spiro atoms. The van der Waals surface area contributed by atoms with E-state index in [1.807, 2.05) is 27.7 Å². The third-order valence-corrected chi connectivity index (χ3v) is 3.14. The maximum Gasteiger partial charge on any atom is 0.410 e. The zero-order valence-corrected chi connectivity index (χ0v) is 12.9. The van der Waals surface area contributed by atoms with E-state index in [2.05, 4.69) is 15.5 Å². The first kappa shape index (κ1) is 15.3. The topological polar surface area (TPSA) is 87.3 Å². The molecule has 1 aliphatic heterocycles. The van der Waals surface area contributed by atoms with Gasteiger partial charge in [-0.2, -0.15) is 5.10 Å². The van der Waals surface area contributed by atoms with Crippen molar-refractivity contribution in [1.29, 1.82) is 0 Å². The fourth-order valence-electron chi connectivity index (χ4n) is 2.23.